The van der Waals surface area contributed by atoms with Crippen LogP contribution in [0.5, 0.6) is 0 Å². The maximum absolute atomic E-state index is 11.8. The van der Waals surface area contributed by atoms with Gasteiger partial charge in [-0.1, -0.05) is 19.1 Å². The highest BCUT2D eigenvalue weighted by Gasteiger charge is 2.08. The van der Waals surface area contributed by atoms with Gasteiger partial charge in [0.05, 0.1) is 12.1 Å². The minimum atomic E-state index is 0.0102. The van der Waals surface area contributed by atoms with Crippen LogP contribution in [0.25, 0.3) is 0 Å². The van der Waals surface area contributed by atoms with Crippen molar-refractivity contribution in [2.24, 2.45) is 0 Å². The molecule has 0 aliphatic heterocycles. The first-order valence-electron chi connectivity index (χ1n) is 7.78. The molecule has 0 spiro atoms. The number of likely N-dealkylation sites (N-methyl/N-ethyl adjacent to an activating group) is 1. The van der Waals surface area contributed by atoms with Crippen LogP contribution in [0.4, 0.5) is 10.8 Å². The number of amides is 1. The van der Waals surface area contributed by atoms with Crippen molar-refractivity contribution in [3.63, 3.8) is 0 Å². The molecular weight excluding hydrogens is 308 g/mol. The molecule has 2 aromatic rings. The first kappa shape index (κ1) is 17.4. The fraction of sp³-hybridized carbons (Fsp3) is 0.412. The highest BCUT2D eigenvalue weighted by atomic mass is 32.1. The topological polar surface area (TPSA) is 57.3 Å². The lowest BCUT2D eigenvalue weighted by molar-refractivity contribution is -0.120. The zero-order valence-electron chi connectivity index (χ0n) is 13.9. The lowest BCUT2D eigenvalue weighted by Crippen LogP contribution is -2.32. The molecule has 1 aromatic heterocycles. The normalized spacial score (nSPS) is 10.8. The Hall–Kier alpha value is -1.92. The van der Waals surface area contributed by atoms with Gasteiger partial charge in [-0.05, 0) is 38.2 Å². The number of hydrogen-bond donors (Lipinski definition) is 2. The highest BCUT2D eigenvalue weighted by molar-refractivity contribution is 7.13. The van der Waals surface area contributed by atoms with Gasteiger partial charge in [-0.25, -0.2) is 4.98 Å². The van der Waals surface area contributed by atoms with E-state index in [1.807, 2.05) is 36.5 Å². The molecule has 0 bridgehead atoms. The summed E-state index contributed by atoms with van der Waals surface area (Å²) in [6.07, 6.45) is 1.35. The van der Waals surface area contributed by atoms with Crippen LogP contribution >= 0.6 is 11.3 Å². The Morgan fingerprint density at radius 1 is 1.26 bits per heavy atom. The van der Waals surface area contributed by atoms with Crippen LogP contribution in [0.2, 0.25) is 0 Å². The van der Waals surface area contributed by atoms with Gasteiger partial charge in [0, 0.05) is 24.2 Å². The van der Waals surface area contributed by atoms with E-state index in [1.165, 1.54) is 16.9 Å². The van der Waals surface area contributed by atoms with Gasteiger partial charge in [0.15, 0.2) is 5.13 Å². The number of thiazole rings is 1. The molecule has 0 saturated carbocycles. The molecular formula is C17H24N4OS. The molecule has 5 nitrogen and oxygen atoms in total. The van der Waals surface area contributed by atoms with Gasteiger partial charge in [0.25, 0.3) is 0 Å². The number of hydrogen-bond acceptors (Lipinski definition) is 5. The van der Waals surface area contributed by atoms with E-state index in [9.17, 15) is 4.79 Å². The van der Waals surface area contributed by atoms with Crippen molar-refractivity contribution >= 4 is 28.1 Å². The van der Waals surface area contributed by atoms with E-state index < -0.39 is 0 Å². The van der Waals surface area contributed by atoms with E-state index >= 15 is 0 Å². The Balaban J connectivity index is 1.83. The lowest BCUT2D eigenvalue weighted by atomic mass is 10.1. The number of aromatic nitrogens is 1. The second kappa shape index (κ2) is 8.64. The SMILES string of the molecule is CCc1ccc(Nc2nc(CC(=O)NCCN(C)C)cs2)cc1. The van der Waals surface area contributed by atoms with Crippen molar-refractivity contribution in [1.82, 2.24) is 15.2 Å². The third-order valence-corrected chi connectivity index (χ3v) is 4.19. The molecule has 0 atom stereocenters. The fourth-order valence-electron chi connectivity index (χ4n) is 2.04. The van der Waals surface area contributed by atoms with E-state index in [1.54, 1.807) is 0 Å². The monoisotopic (exact) mass is 332 g/mol. The zero-order chi connectivity index (χ0) is 16.7. The molecule has 6 heteroatoms. The Morgan fingerprint density at radius 2 is 2.00 bits per heavy atom. The Kier molecular flexibility index (Phi) is 6.55. The van der Waals surface area contributed by atoms with Crippen molar-refractivity contribution in [2.45, 2.75) is 19.8 Å². The zero-order valence-corrected chi connectivity index (χ0v) is 14.7. The standard InChI is InChI=1S/C17H24N4OS/c1-4-13-5-7-14(8-6-13)19-17-20-15(12-23-17)11-16(22)18-9-10-21(2)3/h5-8,12H,4,9-11H2,1-3H3,(H,18,22)(H,19,20). The van der Waals surface area contributed by atoms with Crippen LogP contribution in [0, 0.1) is 0 Å². The van der Waals surface area contributed by atoms with Gasteiger partial charge >= 0.3 is 0 Å². The summed E-state index contributed by atoms with van der Waals surface area (Å²) in [5, 5.41) is 8.91. The number of carbonyl (C=O) groups excluding carboxylic acids is 1. The smallest absolute Gasteiger partial charge is 0.226 e. The molecule has 0 radical (unpaired) electrons. The van der Waals surface area contributed by atoms with E-state index in [0.717, 1.165) is 29.5 Å². The molecule has 124 valence electrons. The number of rotatable bonds is 8. The number of aryl methyl sites for hydroxylation is 1. The molecule has 0 unspecified atom stereocenters. The molecule has 0 fully saturated rings. The quantitative estimate of drug-likeness (QED) is 0.780. The second-order valence-electron chi connectivity index (χ2n) is 5.65. The van der Waals surface area contributed by atoms with Crippen LogP contribution in [0.15, 0.2) is 29.6 Å². The van der Waals surface area contributed by atoms with Gasteiger partial charge < -0.3 is 15.5 Å². The Bertz CT molecular complexity index is 622. The number of nitrogens with zero attached hydrogens (tertiary/aromatic N) is 2. The van der Waals surface area contributed by atoms with Gasteiger partial charge in [0.2, 0.25) is 5.91 Å². The fourth-order valence-corrected chi connectivity index (χ4v) is 2.77. The number of anilines is 2. The Morgan fingerprint density at radius 3 is 2.65 bits per heavy atom. The van der Waals surface area contributed by atoms with Crippen LogP contribution in [0.1, 0.15) is 18.2 Å². The highest BCUT2D eigenvalue weighted by Crippen LogP contribution is 2.21. The summed E-state index contributed by atoms with van der Waals surface area (Å²) >= 11 is 1.51. The van der Waals surface area contributed by atoms with Crippen molar-refractivity contribution in [1.29, 1.82) is 0 Å². The van der Waals surface area contributed by atoms with Crippen molar-refractivity contribution in [3.8, 4) is 0 Å². The van der Waals surface area contributed by atoms with Crippen molar-refractivity contribution < 1.29 is 4.79 Å². The van der Waals surface area contributed by atoms with Gasteiger partial charge in [-0.2, -0.15) is 0 Å². The minimum absolute atomic E-state index is 0.0102. The summed E-state index contributed by atoms with van der Waals surface area (Å²) in [4.78, 5) is 18.4. The van der Waals surface area contributed by atoms with E-state index in [0.29, 0.717) is 13.0 Å². The maximum Gasteiger partial charge on any atom is 0.226 e. The van der Waals surface area contributed by atoms with Crippen LogP contribution in [-0.4, -0.2) is 43.0 Å². The molecule has 0 aliphatic rings. The lowest BCUT2D eigenvalue weighted by Gasteiger charge is -2.09. The maximum atomic E-state index is 11.8. The molecule has 1 amide bonds. The summed E-state index contributed by atoms with van der Waals surface area (Å²) in [6, 6.07) is 8.31. The third-order valence-electron chi connectivity index (χ3n) is 3.39. The molecule has 2 rings (SSSR count). The summed E-state index contributed by atoms with van der Waals surface area (Å²) in [7, 11) is 3.97. The summed E-state index contributed by atoms with van der Waals surface area (Å²) in [5.41, 5.74) is 3.12. The van der Waals surface area contributed by atoms with Gasteiger partial charge in [-0.15, -0.1) is 11.3 Å². The van der Waals surface area contributed by atoms with Gasteiger partial charge in [-0.3, -0.25) is 4.79 Å². The van der Waals surface area contributed by atoms with E-state index in [2.05, 4.69) is 34.7 Å². The predicted octanol–water partition coefficient (Wildman–Crippen LogP) is 2.67. The second-order valence-corrected chi connectivity index (χ2v) is 6.51. The number of nitrogens with one attached hydrogen (secondary N) is 2. The molecule has 23 heavy (non-hydrogen) atoms. The average molecular weight is 332 g/mol. The van der Waals surface area contributed by atoms with Gasteiger partial charge in [0.1, 0.15) is 0 Å². The Labute approximate surface area is 141 Å². The predicted molar refractivity (Wildman–Crippen MR) is 96.5 cm³/mol. The first-order chi connectivity index (χ1) is 11.1. The molecule has 1 aromatic carbocycles. The molecule has 0 saturated heterocycles. The average Bonchev–Trinajstić information content (AvgIpc) is 2.94. The number of carbonyl (C=O) groups is 1. The summed E-state index contributed by atoms with van der Waals surface area (Å²) in [5.74, 6) is 0.0102. The third kappa shape index (κ3) is 6.00. The number of benzene rings is 1. The molecule has 0 aliphatic carbocycles. The van der Waals surface area contributed by atoms with Crippen molar-refractivity contribution in [3.05, 3.63) is 40.9 Å². The van der Waals surface area contributed by atoms with Crippen LogP contribution in [0.3, 0.4) is 0 Å². The van der Waals surface area contributed by atoms with Crippen LogP contribution in [-0.2, 0) is 17.6 Å². The van der Waals surface area contributed by atoms with Crippen molar-refractivity contribution in [2.75, 3.05) is 32.5 Å². The molecule has 2 N–H and O–H groups in total. The summed E-state index contributed by atoms with van der Waals surface area (Å²) < 4.78 is 0. The van der Waals surface area contributed by atoms with Crippen LogP contribution < -0.4 is 10.6 Å². The largest absolute Gasteiger partial charge is 0.354 e. The molecule has 1 heterocycles. The summed E-state index contributed by atoms with van der Waals surface area (Å²) in [6.45, 7) is 3.63. The minimum Gasteiger partial charge on any atom is -0.354 e. The van der Waals surface area contributed by atoms with E-state index in [-0.39, 0.29) is 5.91 Å². The van der Waals surface area contributed by atoms with E-state index in [4.69, 9.17) is 0 Å². The first-order valence-corrected chi connectivity index (χ1v) is 8.66.